The van der Waals surface area contributed by atoms with Crippen LogP contribution in [-0.2, 0) is 32.7 Å². The van der Waals surface area contributed by atoms with Crippen molar-refractivity contribution in [1.29, 1.82) is 0 Å². The Morgan fingerprint density at radius 2 is 0.667 bits per heavy atom. The summed E-state index contributed by atoms with van der Waals surface area (Å²) < 4.78 is 0. The first-order valence-corrected chi connectivity index (χ1v) is 14.6. The zero-order valence-corrected chi connectivity index (χ0v) is 17.1. The van der Waals surface area contributed by atoms with Crippen molar-refractivity contribution in [3.8, 4) is 0 Å². The molecule has 0 unspecified atom stereocenters. The van der Waals surface area contributed by atoms with Crippen LogP contribution in [-0.4, -0.2) is 62.5 Å². The summed E-state index contributed by atoms with van der Waals surface area (Å²) in [6.45, 7) is 1.33. The van der Waals surface area contributed by atoms with Crippen molar-refractivity contribution in [3.63, 3.8) is 0 Å². The molecule has 0 heterocycles. The van der Waals surface area contributed by atoms with Gasteiger partial charge in [0, 0.05) is 0 Å². The van der Waals surface area contributed by atoms with E-state index < -0.39 is 7.94 Å². The molecule has 0 atom stereocenters. The van der Waals surface area contributed by atoms with E-state index in [1.165, 1.54) is 6.92 Å². The van der Waals surface area contributed by atoms with Gasteiger partial charge in [-0.1, -0.05) is 0 Å². The van der Waals surface area contributed by atoms with Gasteiger partial charge in [0.05, 0.1) is 56.3 Å². The van der Waals surface area contributed by atoms with Crippen LogP contribution in [0.2, 0.25) is 0 Å². The Morgan fingerprint density at radius 3 is 0.667 bits per heavy atom. The minimum Gasteiger partial charge on any atom is -0.0219 e. The molecule has 0 aliphatic heterocycles. The van der Waals surface area contributed by atoms with Crippen molar-refractivity contribution in [2.24, 2.45) is 0 Å². The van der Waals surface area contributed by atoms with Gasteiger partial charge in [-0.25, -0.2) is 0 Å². The Hall–Kier alpha value is 1.36. The van der Waals surface area contributed by atoms with E-state index in [1.807, 2.05) is 0 Å². The zero-order chi connectivity index (χ0) is 15.9. The average molecular weight is 341 g/mol. The molecule has 0 aliphatic carbocycles. The third-order valence-electron chi connectivity index (χ3n) is 0.433. The van der Waals surface area contributed by atoms with E-state index in [-0.39, 0.29) is 6.16 Å². The van der Waals surface area contributed by atoms with Crippen LogP contribution in [0.1, 0.15) is 6.92 Å². The summed E-state index contributed by atoms with van der Waals surface area (Å²) in [6.07, 6.45) is 19.5. The SMILES string of the molecule is CC[PH]([O-])([O-])[O-].C[S+](C)C.C[S+](C)C.C[S+](C)C. The topological polar surface area (TPSA) is 69.2 Å². The monoisotopic (exact) mass is 340 g/mol. The van der Waals surface area contributed by atoms with Crippen molar-refractivity contribution in [2.45, 2.75) is 6.92 Å². The van der Waals surface area contributed by atoms with Crippen molar-refractivity contribution in [3.05, 3.63) is 0 Å². The van der Waals surface area contributed by atoms with Crippen LogP contribution in [0.4, 0.5) is 0 Å². The van der Waals surface area contributed by atoms with Crippen LogP contribution in [0, 0.1) is 0 Å². The standard InChI is InChI=1S/3C3H9S.C2H6O3P/c3*1-4(2)3;1-2-6(3,4)5/h3*1-3H3;6H,2H2,1H3/q3*+1;-3. The Balaban J connectivity index is -0.0000000742. The van der Waals surface area contributed by atoms with E-state index in [0.29, 0.717) is 32.7 Å². The van der Waals surface area contributed by atoms with E-state index in [2.05, 4.69) is 56.3 Å². The summed E-state index contributed by atoms with van der Waals surface area (Å²) in [5, 5.41) is 0. The van der Waals surface area contributed by atoms with Crippen molar-refractivity contribution in [2.75, 3.05) is 62.5 Å². The summed E-state index contributed by atoms with van der Waals surface area (Å²) in [6, 6.07) is 0. The minimum absolute atomic E-state index is 0.257. The van der Waals surface area contributed by atoms with Gasteiger partial charge in [-0.3, -0.25) is 0 Å². The molecule has 18 heavy (non-hydrogen) atoms. The molecule has 0 radical (unpaired) electrons. The third kappa shape index (κ3) is 244. The second-order valence-corrected chi connectivity index (χ2v) is 14.1. The third-order valence-corrected chi connectivity index (χ3v) is 1.30. The molecule has 0 saturated heterocycles. The van der Waals surface area contributed by atoms with Crippen LogP contribution < -0.4 is 14.7 Å². The quantitative estimate of drug-likeness (QED) is 0.457. The normalized spacial score (nSPS) is 10.9. The molecule has 0 rings (SSSR count). The van der Waals surface area contributed by atoms with Gasteiger partial charge in [-0.05, 0) is 32.7 Å². The van der Waals surface area contributed by atoms with Crippen LogP contribution in [0.3, 0.4) is 0 Å². The Morgan fingerprint density at radius 1 is 0.611 bits per heavy atom. The molecular formula is C11H33O3PS3. The maximum Gasteiger partial charge on any atom is 0.0969 e. The fourth-order valence-electron chi connectivity index (χ4n) is 0. The van der Waals surface area contributed by atoms with Gasteiger partial charge in [-0.2, -0.15) is 0 Å². The Kier molecular flexibility index (Phi) is 28.2. The number of rotatable bonds is 1. The molecule has 0 aromatic rings. The van der Waals surface area contributed by atoms with Gasteiger partial charge in [0.15, 0.2) is 0 Å². The second kappa shape index (κ2) is 18.4. The predicted octanol–water partition coefficient (Wildman–Crippen LogP) is -0.936. The summed E-state index contributed by atoms with van der Waals surface area (Å²) in [4.78, 5) is 28.5. The van der Waals surface area contributed by atoms with Crippen LogP contribution in [0.15, 0.2) is 0 Å². The molecule has 0 spiro atoms. The smallest absolute Gasteiger partial charge is 0.0219 e. The van der Waals surface area contributed by atoms with E-state index in [1.54, 1.807) is 0 Å². The average Bonchev–Trinajstić information content (AvgIpc) is 1.99. The molecule has 0 aliphatic rings. The van der Waals surface area contributed by atoms with E-state index in [4.69, 9.17) is 0 Å². The van der Waals surface area contributed by atoms with E-state index in [0.717, 1.165) is 0 Å². The molecule has 0 saturated carbocycles. The largest absolute Gasteiger partial charge is 0.0969 e. The maximum atomic E-state index is 9.50. The van der Waals surface area contributed by atoms with Gasteiger partial charge in [0.2, 0.25) is 0 Å². The van der Waals surface area contributed by atoms with Gasteiger partial charge >= 0.3 is 35.7 Å². The molecule has 118 valence electrons. The molecular weight excluding hydrogens is 307 g/mol. The van der Waals surface area contributed by atoms with Crippen molar-refractivity contribution >= 4 is 40.6 Å². The summed E-state index contributed by atoms with van der Waals surface area (Å²) in [5.41, 5.74) is 0. The summed E-state index contributed by atoms with van der Waals surface area (Å²) >= 11 is 0. The molecule has 3 nitrogen and oxygen atoms in total. The maximum absolute atomic E-state index is 9.50. The fourth-order valence-corrected chi connectivity index (χ4v) is 0. The molecule has 0 bridgehead atoms. The van der Waals surface area contributed by atoms with E-state index >= 15 is 0 Å². The molecule has 0 aromatic heterocycles. The zero-order valence-electron chi connectivity index (χ0n) is 13.7. The molecule has 0 aromatic carbocycles. The second-order valence-electron chi connectivity index (χ2n) is 4.71. The number of hydrogen-bond acceptors (Lipinski definition) is 3. The summed E-state index contributed by atoms with van der Waals surface area (Å²) in [5.74, 6) is 0. The van der Waals surface area contributed by atoms with Gasteiger partial charge < -0.3 is 0 Å². The predicted molar refractivity (Wildman–Crippen MR) is 94.3 cm³/mol. The first kappa shape index (κ1) is 27.7. The Bertz CT molecular complexity index is 117. The van der Waals surface area contributed by atoms with Gasteiger partial charge in [0.25, 0.3) is 0 Å². The van der Waals surface area contributed by atoms with Crippen LogP contribution >= 0.6 is 7.94 Å². The van der Waals surface area contributed by atoms with Crippen molar-refractivity contribution < 1.29 is 14.7 Å². The first-order valence-electron chi connectivity index (χ1n) is 5.35. The van der Waals surface area contributed by atoms with Crippen molar-refractivity contribution in [1.82, 2.24) is 0 Å². The van der Waals surface area contributed by atoms with Crippen LogP contribution in [0.5, 0.6) is 0 Å². The van der Waals surface area contributed by atoms with Gasteiger partial charge in [0.1, 0.15) is 0 Å². The minimum atomic E-state index is -4.38. The van der Waals surface area contributed by atoms with E-state index in [9.17, 15) is 14.7 Å². The van der Waals surface area contributed by atoms with Gasteiger partial charge in [-0.15, -0.1) is 0 Å². The number of hydrogen-bond donors (Lipinski definition) is 0. The fraction of sp³-hybridized carbons (Fsp3) is 1.00. The molecule has 0 N–H and O–H groups in total. The Labute approximate surface area is 124 Å². The first-order chi connectivity index (χ1) is 7.76. The summed E-state index contributed by atoms with van der Waals surface area (Å²) in [7, 11) is -2.46. The molecule has 7 heteroatoms. The molecule has 0 amide bonds. The van der Waals surface area contributed by atoms with Crippen LogP contribution in [0.25, 0.3) is 0 Å². The molecule has 0 fully saturated rings.